The molecule has 1 aromatic carbocycles. The predicted molar refractivity (Wildman–Crippen MR) is 90.4 cm³/mol. The van der Waals surface area contributed by atoms with Crippen molar-refractivity contribution in [3.8, 4) is 0 Å². The Morgan fingerprint density at radius 2 is 2.00 bits per heavy atom. The molecule has 0 spiro atoms. The maximum Gasteiger partial charge on any atom is 0.242 e. The van der Waals surface area contributed by atoms with Crippen LogP contribution in [0.5, 0.6) is 0 Å². The number of benzene rings is 1. The molecule has 0 radical (unpaired) electrons. The van der Waals surface area contributed by atoms with Gasteiger partial charge in [-0.3, -0.25) is 9.59 Å². The molecular weight excluding hydrogens is 312 g/mol. The Morgan fingerprint density at radius 1 is 1.22 bits per heavy atom. The van der Waals surface area contributed by atoms with E-state index in [4.69, 9.17) is 11.6 Å². The highest BCUT2D eigenvalue weighted by Crippen LogP contribution is 2.42. The average molecular weight is 335 g/mol. The highest BCUT2D eigenvalue weighted by atomic mass is 35.5. The zero-order valence-electron chi connectivity index (χ0n) is 13.2. The zero-order chi connectivity index (χ0) is 16.3. The van der Waals surface area contributed by atoms with Crippen LogP contribution in [0.25, 0.3) is 0 Å². The van der Waals surface area contributed by atoms with Gasteiger partial charge >= 0.3 is 0 Å². The van der Waals surface area contributed by atoms with Crippen LogP contribution in [0, 0.1) is 0 Å². The van der Waals surface area contributed by atoms with E-state index in [1.165, 1.54) is 0 Å². The molecule has 124 valence electrons. The number of carbonyl (C=O) groups is 2. The Bertz CT molecular complexity index is 596. The van der Waals surface area contributed by atoms with Crippen molar-refractivity contribution < 1.29 is 9.59 Å². The largest absolute Gasteiger partial charge is 0.354 e. The molecular formula is C18H23ClN2O2. The fourth-order valence-electron chi connectivity index (χ4n) is 3.78. The van der Waals surface area contributed by atoms with E-state index in [-0.39, 0.29) is 11.8 Å². The summed E-state index contributed by atoms with van der Waals surface area (Å²) in [6, 6.07) is 7.17. The molecule has 0 aromatic heterocycles. The lowest BCUT2D eigenvalue weighted by Crippen LogP contribution is -2.51. The van der Waals surface area contributed by atoms with Crippen LogP contribution in [0.15, 0.2) is 24.3 Å². The molecule has 3 rings (SSSR count). The summed E-state index contributed by atoms with van der Waals surface area (Å²) in [7, 11) is 0. The van der Waals surface area contributed by atoms with Gasteiger partial charge in [-0.2, -0.15) is 0 Å². The van der Waals surface area contributed by atoms with Crippen LogP contribution in [0.4, 0.5) is 0 Å². The van der Waals surface area contributed by atoms with E-state index in [0.717, 1.165) is 44.1 Å². The molecule has 1 atom stereocenters. The first-order valence-corrected chi connectivity index (χ1v) is 8.84. The average Bonchev–Trinajstić information content (AvgIpc) is 2.96. The van der Waals surface area contributed by atoms with Crippen LogP contribution in [-0.2, 0) is 15.0 Å². The predicted octanol–water partition coefficient (Wildman–Crippen LogP) is 2.94. The molecule has 1 aromatic rings. The molecule has 1 saturated carbocycles. The number of carbonyl (C=O) groups excluding carboxylic acids is 2. The number of rotatable bonds is 3. The summed E-state index contributed by atoms with van der Waals surface area (Å²) in [5.41, 5.74) is 0.423. The normalized spacial score (nSPS) is 23.9. The maximum atomic E-state index is 13.1. The van der Waals surface area contributed by atoms with Crippen LogP contribution >= 0.6 is 11.6 Å². The van der Waals surface area contributed by atoms with Gasteiger partial charge in [-0.15, -0.1) is 0 Å². The van der Waals surface area contributed by atoms with Crippen molar-refractivity contribution in [1.29, 1.82) is 0 Å². The molecule has 4 nitrogen and oxygen atoms in total. The maximum absolute atomic E-state index is 13.1. The number of nitrogens with one attached hydrogen (secondary N) is 2. The minimum atomic E-state index is -0.544. The molecule has 0 bridgehead atoms. The van der Waals surface area contributed by atoms with Crippen LogP contribution in [0.3, 0.4) is 0 Å². The van der Waals surface area contributed by atoms with E-state index in [1.807, 2.05) is 24.3 Å². The van der Waals surface area contributed by atoms with Gasteiger partial charge in [0.1, 0.15) is 6.04 Å². The van der Waals surface area contributed by atoms with Gasteiger partial charge < -0.3 is 10.6 Å². The van der Waals surface area contributed by atoms with Crippen LogP contribution in [0.1, 0.15) is 50.5 Å². The minimum Gasteiger partial charge on any atom is -0.354 e. The number of hydrogen-bond acceptors (Lipinski definition) is 2. The molecule has 2 amide bonds. The molecule has 5 heteroatoms. The van der Waals surface area contributed by atoms with Gasteiger partial charge in [0.05, 0.1) is 5.41 Å². The third-order valence-corrected chi connectivity index (χ3v) is 5.34. The molecule has 1 heterocycles. The molecule has 1 aliphatic heterocycles. The van der Waals surface area contributed by atoms with Gasteiger partial charge in [0.25, 0.3) is 0 Å². The van der Waals surface area contributed by atoms with E-state index in [2.05, 4.69) is 10.6 Å². The Labute approximate surface area is 142 Å². The highest BCUT2D eigenvalue weighted by molar-refractivity contribution is 6.30. The molecule has 1 aliphatic carbocycles. The minimum absolute atomic E-state index is 0.0284. The van der Waals surface area contributed by atoms with E-state index in [1.54, 1.807) is 0 Å². The van der Waals surface area contributed by atoms with Gasteiger partial charge in [-0.1, -0.05) is 36.6 Å². The van der Waals surface area contributed by atoms with E-state index >= 15 is 0 Å². The second-order valence-electron chi connectivity index (χ2n) is 6.61. The van der Waals surface area contributed by atoms with Gasteiger partial charge in [0.15, 0.2) is 0 Å². The van der Waals surface area contributed by atoms with E-state index < -0.39 is 11.5 Å². The monoisotopic (exact) mass is 334 g/mol. The quantitative estimate of drug-likeness (QED) is 0.893. The molecule has 23 heavy (non-hydrogen) atoms. The standard InChI is InChI=1S/C18H23ClN2O2/c19-14-7-5-6-13(12-14)18(9-2-3-10-18)17(23)21-15-8-1-4-11-20-16(15)22/h5-7,12,15H,1-4,8-11H2,(H,20,22)(H,21,23). The van der Waals surface area contributed by atoms with Gasteiger partial charge in [0.2, 0.25) is 11.8 Å². The lowest BCUT2D eigenvalue weighted by molar-refractivity contribution is -0.132. The fourth-order valence-corrected chi connectivity index (χ4v) is 3.98. The SMILES string of the molecule is O=C1NCCCCC1NC(=O)C1(c2cccc(Cl)c2)CCCC1. The van der Waals surface area contributed by atoms with Crippen molar-refractivity contribution in [3.05, 3.63) is 34.9 Å². The van der Waals surface area contributed by atoms with Crippen molar-refractivity contribution in [2.75, 3.05) is 6.54 Å². The van der Waals surface area contributed by atoms with Gasteiger partial charge in [-0.25, -0.2) is 0 Å². The molecule has 2 fully saturated rings. The fraction of sp³-hybridized carbons (Fsp3) is 0.556. The van der Waals surface area contributed by atoms with Crippen LogP contribution < -0.4 is 10.6 Å². The third-order valence-electron chi connectivity index (χ3n) is 5.11. The first-order valence-electron chi connectivity index (χ1n) is 8.46. The summed E-state index contributed by atoms with van der Waals surface area (Å²) in [6.45, 7) is 0.699. The Kier molecular flexibility index (Phi) is 4.90. The summed E-state index contributed by atoms with van der Waals surface area (Å²) in [5.74, 6) is -0.0885. The summed E-state index contributed by atoms with van der Waals surface area (Å²) in [6.07, 6.45) is 6.31. The second kappa shape index (κ2) is 6.91. The molecule has 2 aliphatic rings. The lowest BCUT2D eigenvalue weighted by atomic mass is 9.77. The van der Waals surface area contributed by atoms with Crippen molar-refractivity contribution in [2.24, 2.45) is 0 Å². The molecule has 1 unspecified atom stereocenters. The third kappa shape index (κ3) is 3.37. The first kappa shape index (κ1) is 16.3. The number of amides is 2. The number of hydrogen-bond donors (Lipinski definition) is 2. The molecule has 2 N–H and O–H groups in total. The highest BCUT2D eigenvalue weighted by Gasteiger charge is 2.43. The van der Waals surface area contributed by atoms with Crippen LogP contribution in [0.2, 0.25) is 5.02 Å². The Hall–Kier alpha value is -1.55. The Balaban J connectivity index is 1.83. The van der Waals surface area contributed by atoms with Crippen LogP contribution in [-0.4, -0.2) is 24.4 Å². The Morgan fingerprint density at radius 3 is 2.74 bits per heavy atom. The summed E-state index contributed by atoms with van der Waals surface area (Å²) in [4.78, 5) is 25.2. The van der Waals surface area contributed by atoms with Crippen molar-refractivity contribution in [1.82, 2.24) is 10.6 Å². The van der Waals surface area contributed by atoms with Crippen molar-refractivity contribution >= 4 is 23.4 Å². The van der Waals surface area contributed by atoms with Gasteiger partial charge in [0, 0.05) is 11.6 Å². The first-order chi connectivity index (χ1) is 11.1. The van der Waals surface area contributed by atoms with Crippen molar-refractivity contribution in [2.45, 2.75) is 56.4 Å². The summed E-state index contributed by atoms with van der Waals surface area (Å²) < 4.78 is 0. The van der Waals surface area contributed by atoms with Crippen molar-refractivity contribution in [3.63, 3.8) is 0 Å². The second-order valence-corrected chi connectivity index (χ2v) is 7.05. The summed E-state index contributed by atoms with van der Waals surface area (Å²) >= 11 is 6.13. The van der Waals surface area contributed by atoms with Gasteiger partial charge in [-0.05, 0) is 49.8 Å². The van der Waals surface area contributed by atoms with E-state index in [0.29, 0.717) is 18.0 Å². The number of halogens is 1. The smallest absolute Gasteiger partial charge is 0.242 e. The zero-order valence-corrected chi connectivity index (χ0v) is 14.0. The summed E-state index contributed by atoms with van der Waals surface area (Å²) in [5, 5.41) is 6.54. The molecule has 1 saturated heterocycles. The van der Waals surface area contributed by atoms with E-state index in [9.17, 15) is 9.59 Å². The lowest BCUT2D eigenvalue weighted by Gasteiger charge is -2.30. The topological polar surface area (TPSA) is 58.2 Å².